The van der Waals surface area contributed by atoms with Gasteiger partial charge in [0.05, 0.1) is 12.7 Å². The molecule has 136 valence electrons. The van der Waals surface area contributed by atoms with E-state index in [9.17, 15) is 4.79 Å². The number of carbonyl (C=O) groups excluding carboxylic acids is 1. The summed E-state index contributed by atoms with van der Waals surface area (Å²) in [6.45, 7) is 1.97. The molecule has 8 nitrogen and oxygen atoms in total. The van der Waals surface area contributed by atoms with Crippen molar-refractivity contribution in [3.8, 4) is 23.0 Å². The molecule has 2 N–H and O–H groups in total. The zero-order valence-electron chi connectivity index (χ0n) is 14.1. The summed E-state index contributed by atoms with van der Waals surface area (Å²) in [5.74, 6) is 0.860. The summed E-state index contributed by atoms with van der Waals surface area (Å²) < 4.78 is 10.0. The van der Waals surface area contributed by atoms with Crippen LogP contribution in [0, 0.1) is 0 Å². The lowest BCUT2D eigenvalue weighted by atomic mass is 10.1. The molecule has 1 aromatic carbocycles. The van der Waals surface area contributed by atoms with Crippen LogP contribution in [0.5, 0.6) is 0 Å². The summed E-state index contributed by atoms with van der Waals surface area (Å²) in [6, 6.07) is 8.78. The Hall–Kier alpha value is -2.71. The molecule has 1 unspecified atom stereocenters. The van der Waals surface area contributed by atoms with E-state index in [1.54, 1.807) is 24.3 Å². The molecule has 3 heterocycles. The molecule has 0 bridgehead atoms. The van der Waals surface area contributed by atoms with Crippen LogP contribution in [0.2, 0.25) is 0 Å². The van der Waals surface area contributed by atoms with Crippen molar-refractivity contribution in [2.45, 2.75) is 12.3 Å². The Kier molecular flexibility index (Phi) is 5.34. The Morgan fingerprint density at radius 1 is 1.31 bits per heavy atom. The first-order chi connectivity index (χ1) is 12.2. The highest BCUT2D eigenvalue weighted by Gasteiger charge is 2.21. The Morgan fingerprint density at radius 2 is 2.12 bits per heavy atom. The van der Waals surface area contributed by atoms with Crippen LogP contribution in [-0.4, -0.2) is 46.5 Å². The number of nitrogens with one attached hydrogen (secondary N) is 2. The minimum Gasteiger partial charge on any atom is -0.465 e. The molecule has 0 aliphatic carbocycles. The quantitative estimate of drug-likeness (QED) is 0.674. The topological polar surface area (TPSA) is 106 Å². The third kappa shape index (κ3) is 3.47. The monoisotopic (exact) mass is 375 g/mol. The Labute approximate surface area is 155 Å². The minimum atomic E-state index is -0.384. The largest absolute Gasteiger partial charge is 0.465 e. The fraction of sp³-hybridized carbons (Fsp3) is 0.294. The van der Waals surface area contributed by atoms with Crippen molar-refractivity contribution in [3.05, 3.63) is 41.6 Å². The molecule has 0 radical (unpaired) electrons. The highest BCUT2D eigenvalue weighted by molar-refractivity contribution is 5.89. The predicted octanol–water partition coefficient (Wildman–Crippen LogP) is 2.41. The molecule has 1 saturated heterocycles. The van der Waals surface area contributed by atoms with Crippen LogP contribution in [0.15, 0.2) is 34.9 Å². The molecule has 1 atom stereocenters. The van der Waals surface area contributed by atoms with Crippen molar-refractivity contribution in [3.63, 3.8) is 0 Å². The summed E-state index contributed by atoms with van der Waals surface area (Å²) in [4.78, 5) is 15.9. The zero-order chi connectivity index (χ0) is 17.2. The van der Waals surface area contributed by atoms with Gasteiger partial charge in [-0.15, -0.1) is 12.4 Å². The maximum absolute atomic E-state index is 11.5. The van der Waals surface area contributed by atoms with E-state index in [-0.39, 0.29) is 18.4 Å². The van der Waals surface area contributed by atoms with E-state index in [0.29, 0.717) is 28.9 Å². The van der Waals surface area contributed by atoms with Gasteiger partial charge in [-0.3, -0.25) is 5.10 Å². The van der Waals surface area contributed by atoms with Gasteiger partial charge < -0.3 is 14.6 Å². The maximum Gasteiger partial charge on any atom is 0.337 e. The van der Waals surface area contributed by atoms with E-state index in [0.717, 1.165) is 30.8 Å². The average molecular weight is 376 g/mol. The molecular weight excluding hydrogens is 358 g/mol. The molecule has 0 amide bonds. The van der Waals surface area contributed by atoms with Crippen LogP contribution in [0.1, 0.15) is 28.4 Å². The summed E-state index contributed by atoms with van der Waals surface area (Å²) in [6.07, 6.45) is 1.09. The Balaban J connectivity index is 0.00000196. The normalized spacial score (nSPS) is 16.3. The predicted molar refractivity (Wildman–Crippen MR) is 96.1 cm³/mol. The first kappa shape index (κ1) is 18.1. The van der Waals surface area contributed by atoms with Crippen molar-refractivity contribution < 1.29 is 14.1 Å². The van der Waals surface area contributed by atoms with Gasteiger partial charge in [-0.2, -0.15) is 10.1 Å². The van der Waals surface area contributed by atoms with E-state index in [1.165, 1.54) is 7.11 Å². The lowest BCUT2D eigenvalue weighted by Gasteiger charge is -2.02. The number of hydrogen-bond acceptors (Lipinski definition) is 7. The third-order valence-electron chi connectivity index (χ3n) is 4.31. The second-order valence-electron chi connectivity index (χ2n) is 5.89. The molecule has 26 heavy (non-hydrogen) atoms. The van der Waals surface area contributed by atoms with Gasteiger partial charge in [0.15, 0.2) is 5.69 Å². The third-order valence-corrected chi connectivity index (χ3v) is 4.31. The van der Waals surface area contributed by atoms with Gasteiger partial charge in [0, 0.05) is 23.7 Å². The van der Waals surface area contributed by atoms with Gasteiger partial charge in [0.2, 0.25) is 5.82 Å². The number of benzene rings is 1. The molecule has 1 aliphatic heterocycles. The second-order valence-corrected chi connectivity index (χ2v) is 5.89. The number of esters is 1. The van der Waals surface area contributed by atoms with Gasteiger partial charge >= 0.3 is 5.97 Å². The van der Waals surface area contributed by atoms with Crippen LogP contribution in [-0.2, 0) is 4.74 Å². The minimum absolute atomic E-state index is 0. The van der Waals surface area contributed by atoms with Gasteiger partial charge in [0.1, 0.15) is 0 Å². The summed E-state index contributed by atoms with van der Waals surface area (Å²) >= 11 is 0. The summed E-state index contributed by atoms with van der Waals surface area (Å²) in [5, 5.41) is 14.7. The van der Waals surface area contributed by atoms with Crippen molar-refractivity contribution in [1.29, 1.82) is 0 Å². The first-order valence-corrected chi connectivity index (χ1v) is 8.03. The van der Waals surface area contributed by atoms with Crippen LogP contribution in [0.25, 0.3) is 23.0 Å². The number of nitrogens with zero attached hydrogens (tertiary/aromatic N) is 3. The zero-order valence-corrected chi connectivity index (χ0v) is 14.9. The first-order valence-electron chi connectivity index (χ1n) is 8.03. The number of hydrogen-bond donors (Lipinski definition) is 2. The molecule has 1 aliphatic rings. The number of methoxy groups -OCH3 is 1. The van der Waals surface area contributed by atoms with Crippen LogP contribution in [0.4, 0.5) is 0 Å². The smallest absolute Gasteiger partial charge is 0.337 e. The van der Waals surface area contributed by atoms with E-state index in [1.807, 2.05) is 6.07 Å². The average Bonchev–Trinajstić information content (AvgIpc) is 3.41. The molecular formula is C17H18ClN5O3. The lowest BCUT2D eigenvalue weighted by Crippen LogP contribution is -2.08. The molecule has 1 fully saturated rings. The number of rotatable bonds is 4. The van der Waals surface area contributed by atoms with Gasteiger partial charge in [-0.1, -0.05) is 17.3 Å². The van der Waals surface area contributed by atoms with Gasteiger partial charge in [-0.05, 0) is 31.2 Å². The van der Waals surface area contributed by atoms with E-state index < -0.39 is 0 Å². The fourth-order valence-corrected chi connectivity index (χ4v) is 2.89. The summed E-state index contributed by atoms with van der Waals surface area (Å²) in [7, 11) is 1.35. The number of ether oxygens (including phenoxy) is 1. The number of carbonyl (C=O) groups is 1. The Bertz CT molecular complexity index is 884. The molecule has 0 saturated carbocycles. The van der Waals surface area contributed by atoms with E-state index in [2.05, 4.69) is 30.4 Å². The standard InChI is InChI=1S/C17H17N5O3.ClH/c1-24-17(23)11-4-2-10(3-5-11)15-19-16(25-22-15)14-8-13(20-21-14)12-6-7-18-9-12;/h2-5,8,12,18H,6-7,9H2,1H3,(H,20,21);1H. The van der Waals surface area contributed by atoms with Crippen molar-refractivity contribution in [2.24, 2.45) is 0 Å². The number of halogens is 1. The molecule has 0 spiro atoms. The van der Waals surface area contributed by atoms with E-state index in [4.69, 9.17) is 4.52 Å². The van der Waals surface area contributed by atoms with Crippen LogP contribution >= 0.6 is 12.4 Å². The molecule has 2 aromatic heterocycles. The van der Waals surface area contributed by atoms with Crippen LogP contribution < -0.4 is 5.32 Å². The number of H-pyrrole nitrogens is 1. The number of aromatic amines is 1. The molecule has 3 aromatic rings. The highest BCUT2D eigenvalue weighted by Crippen LogP contribution is 2.26. The summed E-state index contributed by atoms with van der Waals surface area (Å²) in [5.41, 5.74) is 2.92. The van der Waals surface area contributed by atoms with Crippen molar-refractivity contribution >= 4 is 18.4 Å². The Morgan fingerprint density at radius 3 is 2.81 bits per heavy atom. The highest BCUT2D eigenvalue weighted by atomic mass is 35.5. The van der Waals surface area contributed by atoms with E-state index >= 15 is 0 Å². The lowest BCUT2D eigenvalue weighted by molar-refractivity contribution is 0.0601. The van der Waals surface area contributed by atoms with Gasteiger partial charge in [-0.25, -0.2) is 4.79 Å². The molecule has 4 rings (SSSR count). The SMILES string of the molecule is COC(=O)c1ccc(-c2noc(-c3cc(C4CCNC4)[nH]n3)n2)cc1.Cl. The van der Waals surface area contributed by atoms with Crippen molar-refractivity contribution in [1.82, 2.24) is 25.7 Å². The van der Waals surface area contributed by atoms with Gasteiger partial charge in [0.25, 0.3) is 5.89 Å². The second kappa shape index (κ2) is 7.67. The number of aromatic nitrogens is 4. The fourth-order valence-electron chi connectivity index (χ4n) is 2.89. The molecule has 9 heteroatoms. The van der Waals surface area contributed by atoms with Crippen LogP contribution in [0.3, 0.4) is 0 Å². The van der Waals surface area contributed by atoms with Crippen molar-refractivity contribution in [2.75, 3.05) is 20.2 Å². The maximum atomic E-state index is 11.5.